The average Bonchev–Trinajstić information content (AvgIpc) is 2.49. The van der Waals surface area contributed by atoms with Crippen molar-refractivity contribution in [2.75, 3.05) is 32.7 Å². The lowest BCUT2D eigenvalue weighted by molar-refractivity contribution is 0.00214. The average molecular weight is 259 g/mol. The number of rotatable bonds is 4. The molecule has 0 aromatic heterocycles. The third-order valence-corrected chi connectivity index (χ3v) is 4.64. The molecule has 3 heteroatoms. The summed E-state index contributed by atoms with van der Waals surface area (Å²) in [7, 11) is 0. The van der Waals surface area contributed by atoms with E-state index >= 15 is 0 Å². The molecular formula is C16H25N3. The normalized spacial score (nSPS) is 31.4. The van der Waals surface area contributed by atoms with Crippen LogP contribution in [0.15, 0.2) is 24.3 Å². The minimum absolute atomic E-state index is 0.152. The van der Waals surface area contributed by atoms with Crippen molar-refractivity contribution in [3.63, 3.8) is 0 Å². The predicted molar refractivity (Wildman–Crippen MR) is 79.2 cm³/mol. The van der Waals surface area contributed by atoms with Gasteiger partial charge in [-0.3, -0.25) is 9.80 Å². The van der Waals surface area contributed by atoms with Crippen LogP contribution >= 0.6 is 0 Å². The first-order valence-electron chi connectivity index (χ1n) is 7.58. The summed E-state index contributed by atoms with van der Waals surface area (Å²) in [6.45, 7) is 8.17. The van der Waals surface area contributed by atoms with Crippen LogP contribution in [0.4, 0.5) is 0 Å². The van der Waals surface area contributed by atoms with E-state index in [9.17, 15) is 0 Å². The number of piperazine rings is 3. The Kier molecular flexibility index (Phi) is 3.87. The zero-order chi connectivity index (χ0) is 13.2. The van der Waals surface area contributed by atoms with Gasteiger partial charge in [0.05, 0.1) is 0 Å². The van der Waals surface area contributed by atoms with E-state index in [0.717, 1.165) is 6.54 Å². The molecule has 3 saturated heterocycles. The Morgan fingerprint density at radius 2 is 1.84 bits per heavy atom. The van der Waals surface area contributed by atoms with Crippen molar-refractivity contribution in [1.29, 1.82) is 0 Å². The maximum atomic E-state index is 6.51. The van der Waals surface area contributed by atoms with Crippen LogP contribution in [0, 0.1) is 0 Å². The number of hydrogen-bond donors (Lipinski definition) is 1. The molecule has 104 valence electrons. The standard InChI is InChI=1S/C16H25N3/c1-2-3-13-4-6-14(7-5-13)16(17)15-12-18-8-10-19(15)11-9-18/h4-7,15-16H,2-3,8-12,17H2,1H3. The highest BCUT2D eigenvalue weighted by atomic mass is 15.3. The Bertz CT molecular complexity index is 407. The van der Waals surface area contributed by atoms with Crippen molar-refractivity contribution in [3.05, 3.63) is 35.4 Å². The highest BCUT2D eigenvalue weighted by Gasteiger charge is 2.35. The molecule has 2 atom stereocenters. The Balaban J connectivity index is 1.71. The first-order valence-corrected chi connectivity index (χ1v) is 7.58. The van der Waals surface area contributed by atoms with Crippen LogP contribution in [0.2, 0.25) is 0 Å². The number of hydrogen-bond acceptors (Lipinski definition) is 3. The van der Waals surface area contributed by atoms with Crippen LogP contribution in [0.1, 0.15) is 30.5 Å². The molecule has 1 aromatic carbocycles. The van der Waals surface area contributed by atoms with Crippen LogP contribution in [-0.2, 0) is 6.42 Å². The lowest BCUT2D eigenvalue weighted by Crippen LogP contribution is -2.63. The first kappa shape index (κ1) is 13.1. The second kappa shape index (κ2) is 5.61. The van der Waals surface area contributed by atoms with Gasteiger partial charge >= 0.3 is 0 Å². The molecule has 3 nitrogen and oxygen atoms in total. The molecule has 2 bridgehead atoms. The summed E-state index contributed by atoms with van der Waals surface area (Å²) in [5.74, 6) is 0. The van der Waals surface area contributed by atoms with Crippen LogP contribution in [0.25, 0.3) is 0 Å². The van der Waals surface area contributed by atoms with Gasteiger partial charge in [0.25, 0.3) is 0 Å². The zero-order valence-electron chi connectivity index (χ0n) is 11.9. The van der Waals surface area contributed by atoms with Crippen molar-refractivity contribution in [2.24, 2.45) is 5.73 Å². The van der Waals surface area contributed by atoms with Gasteiger partial charge in [-0.05, 0) is 17.5 Å². The minimum atomic E-state index is 0.152. The monoisotopic (exact) mass is 259 g/mol. The van der Waals surface area contributed by atoms with E-state index in [1.54, 1.807) is 0 Å². The molecule has 3 heterocycles. The summed E-state index contributed by atoms with van der Waals surface area (Å²) in [4.78, 5) is 5.13. The summed E-state index contributed by atoms with van der Waals surface area (Å²) in [5, 5.41) is 0. The van der Waals surface area contributed by atoms with E-state index in [-0.39, 0.29) is 6.04 Å². The maximum absolute atomic E-state index is 6.51. The van der Waals surface area contributed by atoms with Gasteiger partial charge in [-0.15, -0.1) is 0 Å². The van der Waals surface area contributed by atoms with Crippen molar-refractivity contribution in [1.82, 2.24) is 9.80 Å². The second-order valence-corrected chi connectivity index (χ2v) is 5.92. The summed E-state index contributed by atoms with van der Waals surface area (Å²) in [6.07, 6.45) is 2.37. The van der Waals surface area contributed by atoms with Crippen molar-refractivity contribution in [3.8, 4) is 0 Å². The smallest absolute Gasteiger partial charge is 0.0465 e. The molecule has 3 aliphatic heterocycles. The van der Waals surface area contributed by atoms with Gasteiger partial charge in [0.2, 0.25) is 0 Å². The molecule has 0 spiro atoms. The van der Waals surface area contributed by atoms with E-state index < -0.39 is 0 Å². The summed E-state index contributed by atoms with van der Waals surface area (Å²) in [5.41, 5.74) is 9.23. The lowest BCUT2D eigenvalue weighted by atomic mass is 9.94. The Morgan fingerprint density at radius 3 is 2.37 bits per heavy atom. The minimum Gasteiger partial charge on any atom is -0.323 e. The SMILES string of the molecule is CCCc1ccc(C(N)C2CN3CCN2CC3)cc1. The molecule has 1 aromatic rings. The fraction of sp³-hybridized carbons (Fsp3) is 0.625. The number of nitrogens with two attached hydrogens (primary N) is 1. The molecule has 2 N–H and O–H groups in total. The molecule has 0 radical (unpaired) electrons. The topological polar surface area (TPSA) is 32.5 Å². The van der Waals surface area contributed by atoms with E-state index in [2.05, 4.69) is 41.0 Å². The van der Waals surface area contributed by atoms with Crippen molar-refractivity contribution < 1.29 is 0 Å². The van der Waals surface area contributed by atoms with Crippen molar-refractivity contribution in [2.45, 2.75) is 31.8 Å². The fourth-order valence-electron chi connectivity index (χ4n) is 3.42. The fourth-order valence-corrected chi connectivity index (χ4v) is 3.42. The van der Waals surface area contributed by atoms with Gasteiger partial charge in [0.15, 0.2) is 0 Å². The van der Waals surface area contributed by atoms with Gasteiger partial charge in [0, 0.05) is 44.8 Å². The van der Waals surface area contributed by atoms with Gasteiger partial charge in [-0.25, -0.2) is 0 Å². The Hall–Kier alpha value is -0.900. The highest BCUT2D eigenvalue weighted by Crippen LogP contribution is 2.25. The maximum Gasteiger partial charge on any atom is 0.0465 e. The summed E-state index contributed by atoms with van der Waals surface area (Å²) in [6, 6.07) is 9.60. The molecule has 0 saturated carbocycles. The third kappa shape index (κ3) is 2.69. The highest BCUT2D eigenvalue weighted by molar-refractivity contribution is 5.26. The molecule has 2 unspecified atom stereocenters. The number of fused-ring (bicyclic) bond motifs is 3. The predicted octanol–water partition coefficient (Wildman–Crippen LogP) is 1.64. The number of benzene rings is 1. The summed E-state index contributed by atoms with van der Waals surface area (Å²) < 4.78 is 0. The summed E-state index contributed by atoms with van der Waals surface area (Å²) >= 11 is 0. The van der Waals surface area contributed by atoms with E-state index in [0.29, 0.717) is 6.04 Å². The molecule has 19 heavy (non-hydrogen) atoms. The zero-order valence-corrected chi connectivity index (χ0v) is 11.9. The molecule has 0 aliphatic carbocycles. The van der Waals surface area contributed by atoms with Crippen LogP contribution in [-0.4, -0.2) is 48.6 Å². The van der Waals surface area contributed by atoms with Gasteiger partial charge in [0.1, 0.15) is 0 Å². The Labute approximate surface area is 116 Å². The second-order valence-electron chi connectivity index (χ2n) is 5.92. The molecule has 0 amide bonds. The van der Waals surface area contributed by atoms with E-state index in [4.69, 9.17) is 5.73 Å². The van der Waals surface area contributed by atoms with E-state index in [1.807, 2.05) is 0 Å². The molecule has 3 aliphatic rings. The van der Waals surface area contributed by atoms with Crippen LogP contribution in [0.5, 0.6) is 0 Å². The molecule has 3 fully saturated rings. The quantitative estimate of drug-likeness (QED) is 0.892. The van der Waals surface area contributed by atoms with Crippen molar-refractivity contribution >= 4 is 0 Å². The van der Waals surface area contributed by atoms with Gasteiger partial charge < -0.3 is 5.73 Å². The van der Waals surface area contributed by atoms with Gasteiger partial charge in [-0.1, -0.05) is 37.6 Å². The largest absolute Gasteiger partial charge is 0.323 e. The van der Waals surface area contributed by atoms with Crippen LogP contribution < -0.4 is 5.73 Å². The molecular weight excluding hydrogens is 234 g/mol. The molecule has 4 rings (SSSR count). The van der Waals surface area contributed by atoms with Crippen LogP contribution in [0.3, 0.4) is 0 Å². The first-order chi connectivity index (χ1) is 9.28. The lowest BCUT2D eigenvalue weighted by Gasteiger charge is -2.49. The van der Waals surface area contributed by atoms with E-state index in [1.165, 1.54) is 50.1 Å². The third-order valence-electron chi connectivity index (χ3n) is 4.64. The Morgan fingerprint density at radius 1 is 1.16 bits per heavy atom. The van der Waals surface area contributed by atoms with Gasteiger partial charge in [-0.2, -0.15) is 0 Å². The number of aryl methyl sites for hydroxylation is 1. The number of nitrogens with zero attached hydrogens (tertiary/aromatic N) is 2.